The van der Waals surface area contributed by atoms with Crippen LogP contribution >= 0.6 is 54.5 Å². The summed E-state index contributed by atoms with van der Waals surface area (Å²) >= 11 is 9.17. The summed E-state index contributed by atoms with van der Waals surface area (Å²) in [5, 5.41) is 9.37. The van der Waals surface area contributed by atoms with E-state index in [1.54, 1.807) is 32.0 Å². The van der Waals surface area contributed by atoms with Gasteiger partial charge in [-0.05, 0) is 105 Å². The molecule has 236 valence electrons. The Kier molecular flexibility index (Phi) is 12.2. The van der Waals surface area contributed by atoms with Crippen LogP contribution < -0.4 is 30.3 Å². The van der Waals surface area contributed by atoms with E-state index in [-0.39, 0.29) is 24.5 Å². The standard InChI is InChI=1S/C31H29Br2IN4O7/c1-4-43-30(40)27-17(2)36-31(41)37-28(27)20-7-10-24(25(13-20)42-3)44-16-26(39)38-35-14-19-11-22(33)29(23(34)12-19)45-15-18-5-8-21(32)9-6-18/h5-14,28H,4,15-16H2,1-3H3,(H,38,39)(H2,36,37,41)/b35-14-/t28-/m0/s1. The maximum absolute atomic E-state index is 12.6. The van der Waals surface area contributed by atoms with Crippen LogP contribution in [0.1, 0.15) is 36.6 Å². The van der Waals surface area contributed by atoms with Gasteiger partial charge in [0, 0.05) is 10.2 Å². The molecule has 4 rings (SSSR count). The second-order valence-corrected chi connectivity index (χ2v) is 12.4. The summed E-state index contributed by atoms with van der Waals surface area (Å²) in [6.07, 6.45) is 1.52. The van der Waals surface area contributed by atoms with Gasteiger partial charge in [-0.15, -0.1) is 0 Å². The fraction of sp³-hybridized carbons (Fsp3) is 0.226. The van der Waals surface area contributed by atoms with Gasteiger partial charge in [0.2, 0.25) is 0 Å². The third-order valence-corrected chi connectivity index (χ3v) is 8.28. The second kappa shape index (κ2) is 16.1. The molecule has 3 amide bonds. The molecule has 0 saturated heterocycles. The second-order valence-electron chi connectivity index (χ2n) is 9.51. The Bertz CT molecular complexity index is 1620. The number of urea groups is 1. The summed E-state index contributed by atoms with van der Waals surface area (Å²) < 4.78 is 24.9. The lowest BCUT2D eigenvalue weighted by Gasteiger charge is -2.28. The first-order chi connectivity index (χ1) is 21.6. The van der Waals surface area contributed by atoms with Crippen molar-refractivity contribution in [3.05, 3.63) is 95.1 Å². The van der Waals surface area contributed by atoms with Gasteiger partial charge in [-0.2, -0.15) is 5.10 Å². The lowest BCUT2D eigenvalue weighted by molar-refractivity contribution is -0.139. The van der Waals surface area contributed by atoms with Gasteiger partial charge in [0.15, 0.2) is 18.1 Å². The number of allylic oxidation sites excluding steroid dienone is 1. The number of hydrazone groups is 1. The Hall–Kier alpha value is -3.63. The smallest absolute Gasteiger partial charge is 0.338 e. The van der Waals surface area contributed by atoms with Crippen LogP contribution in [0, 0.1) is 3.57 Å². The molecule has 1 aliphatic heterocycles. The van der Waals surface area contributed by atoms with Crippen LogP contribution in [0.5, 0.6) is 17.2 Å². The van der Waals surface area contributed by atoms with Gasteiger partial charge in [0.25, 0.3) is 5.91 Å². The molecule has 1 aliphatic rings. The summed E-state index contributed by atoms with van der Waals surface area (Å²) in [5.74, 6) is 0.260. The predicted molar refractivity (Wildman–Crippen MR) is 183 cm³/mol. The van der Waals surface area contributed by atoms with Gasteiger partial charge in [-0.25, -0.2) is 15.0 Å². The number of methoxy groups -OCH3 is 1. The van der Waals surface area contributed by atoms with E-state index in [1.807, 2.05) is 36.4 Å². The fourth-order valence-corrected chi connectivity index (χ4v) is 6.32. The SMILES string of the molecule is CCOC(=O)C1=C(C)NC(=O)N[C@H]1c1ccc(OCC(=O)N/N=C\c2cc(Br)c(OCc3ccc(Br)cc3)c(I)c2)c(OC)c1. The predicted octanol–water partition coefficient (Wildman–Crippen LogP) is 6.12. The average Bonchev–Trinajstić information content (AvgIpc) is 3.00. The molecular formula is C31H29Br2IN4O7. The van der Waals surface area contributed by atoms with E-state index in [9.17, 15) is 14.4 Å². The minimum absolute atomic E-state index is 0.185. The zero-order valence-corrected chi connectivity index (χ0v) is 29.7. The highest BCUT2D eigenvalue weighted by Crippen LogP contribution is 2.35. The van der Waals surface area contributed by atoms with Gasteiger partial charge in [-0.1, -0.05) is 34.1 Å². The van der Waals surface area contributed by atoms with E-state index in [1.165, 1.54) is 13.3 Å². The molecule has 3 aromatic rings. The van der Waals surface area contributed by atoms with Crippen LogP contribution in [0.2, 0.25) is 0 Å². The van der Waals surface area contributed by atoms with Gasteiger partial charge < -0.3 is 29.6 Å². The molecule has 0 unspecified atom stereocenters. The van der Waals surface area contributed by atoms with Crippen LogP contribution in [-0.4, -0.2) is 44.4 Å². The number of carbonyl (C=O) groups excluding carboxylic acids is 3. The Morgan fingerprint density at radius 2 is 1.82 bits per heavy atom. The Morgan fingerprint density at radius 1 is 1.07 bits per heavy atom. The minimum atomic E-state index is -0.770. The van der Waals surface area contributed by atoms with E-state index in [0.717, 1.165) is 23.6 Å². The number of ether oxygens (including phenoxy) is 4. The van der Waals surface area contributed by atoms with Crippen molar-refractivity contribution >= 4 is 78.6 Å². The molecule has 3 N–H and O–H groups in total. The van der Waals surface area contributed by atoms with Crippen molar-refractivity contribution in [3.8, 4) is 17.2 Å². The lowest BCUT2D eigenvalue weighted by atomic mass is 9.95. The third kappa shape index (κ3) is 9.20. The molecule has 11 nitrogen and oxygen atoms in total. The van der Waals surface area contributed by atoms with Crippen LogP contribution in [0.15, 0.2) is 79.9 Å². The van der Waals surface area contributed by atoms with E-state index in [0.29, 0.717) is 29.4 Å². The number of nitrogens with one attached hydrogen (secondary N) is 3. The number of halogens is 3. The first kappa shape index (κ1) is 34.2. The number of nitrogens with zero attached hydrogens (tertiary/aromatic N) is 1. The molecule has 3 aromatic carbocycles. The molecule has 0 spiro atoms. The van der Waals surface area contributed by atoms with Gasteiger partial charge in [-0.3, -0.25) is 4.79 Å². The molecule has 0 radical (unpaired) electrons. The van der Waals surface area contributed by atoms with Crippen molar-refractivity contribution in [2.45, 2.75) is 26.5 Å². The van der Waals surface area contributed by atoms with Crippen LogP contribution in [0.3, 0.4) is 0 Å². The first-order valence-corrected chi connectivity index (χ1v) is 16.2. The monoisotopic (exact) mass is 854 g/mol. The fourth-order valence-electron chi connectivity index (χ4n) is 4.29. The third-order valence-electron chi connectivity index (χ3n) is 6.36. The normalized spacial score (nSPS) is 14.4. The number of rotatable bonds is 12. The van der Waals surface area contributed by atoms with Crippen LogP contribution in [0.25, 0.3) is 0 Å². The zero-order chi connectivity index (χ0) is 32.5. The highest BCUT2D eigenvalue weighted by atomic mass is 127. The maximum atomic E-state index is 12.6. The van der Waals surface area contributed by atoms with Crippen LogP contribution in [-0.2, 0) is 20.9 Å². The van der Waals surface area contributed by atoms with Crippen molar-refractivity contribution in [3.63, 3.8) is 0 Å². The summed E-state index contributed by atoms with van der Waals surface area (Å²) in [4.78, 5) is 37.2. The number of hydrogen-bond donors (Lipinski definition) is 3. The van der Waals surface area contributed by atoms with Crippen molar-refractivity contribution < 1.29 is 33.3 Å². The van der Waals surface area contributed by atoms with Gasteiger partial charge in [0.05, 0.1) is 39.6 Å². The number of amides is 3. The highest BCUT2D eigenvalue weighted by Gasteiger charge is 2.32. The number of esters is 1. The van der Waals surface area contributed by atoms with Crippen molar-refractivity contribution in [2.24, 2.45) is 5.10 Å². The van der Waals surface area contributed by atoms with E-state index < -0.39 is 23.9 Å². The van der Waals surface area contributed by atoms with E-state index in [2.05, 4.69) is 75.6 Å². The molecule has 0 saturated carbocycles. The van der Waals surface area contributed by atoms with E-state index >= 15 is 0 Å². The Morgan fingerprint density at radius 3 is 2.51 bits per heavy atom. The first-order valence-electron chi connectivity index (χ1n) is 13.5. The molecule has 0 fully saturated rings. The number of benzene rings is 3. The molecule has 0 aliphatic carbocycles. The molecule has 45 heavy (non-hydrogen) atoms. The summed E-state index contributed by atoms with van der Waals surface area (Å²) in [6, 6.07) is 15.3. The van der Waals surface area contributed by atoms with Crippen LogP contribution in [0.4, 0.5) is 4.79 Å². The number of carbonyl (C=O) groups is 3. The molecule has 1 atom stereocenters. The largest absolute Gasteiger partial charge is 0.493 e. The molecule has 14 heteroatoms. The molecule has 0 bridgehead atoms. The average molecular weight is 856 g/mol. The summed E-state index contributed by atoms with van der Waals surface area (Å²) in [7, 11) is 1.45. The van der Waals surface area contributed by atoms with E-state index in [4.69, 9.17) is 18.9 Å². The molecular weight excluding hydrogens is 827 g/mol. The van der Waals surface area contributed by atoms with Gasteiger partial charge >= 0.3 is 12.0 Å². The zero-order valence-electron chi connectivity index (χ0n) is 24.4. The molecule has 1 heterocycles. The van der Waals surface area contributed by atoms with Crippen molar-refractivity contribution in [1.29, 1.82) is 0 Å². The van der Waals surface area contributed by atoms with Crippen molar-refractivity contribution in [2.75, 3.05) is 20.3 Å². The summed E-state index contributed by atoms with van der Waals surface area (Å²) in [5.41, 5.74) is 5.46. The Labute approximate surface area is 290 Å². The quantitative estimate of drug-likeness (QED) is 0.0865. The van der Waals surface area contributed by atoms with Gasteiger partial charge in [0.1, 0.15) is 12.4 Å². The minimum Gasteiger partial charge on any atom is -0.493 e. The maximum Gasteiger partial charge on any atom is 0.338 e. The highest BCUT2D eigenvalue weighted by molar-refractivity contribution is 14.1. The topological polar surface area (TPSA) is 137 Å². The lowest BCUT2D eigenvalue weighted by Crippen LogP contribution is -2.45. The summed E-state index contributed by atoms with van der Waals surface area (Å²) in [6.45, 7) is 3.59. The Balaban J connectivity index is 1.35. The molecule has 0 aromatic heterocycles. The van der Waals surface area contributed by atoms with Crippen molar-refractivity contribution in [1.82, 2.24) is 16.1 Å². The number of hydrogen-bond acceptors (Lipinski definition) is 8.